The first kappa shape index (κ1) is 15.2. The van der Waals surface area contributed by atoms with Gasteiger partial charge in [0.25, 0.3) is 0 Å². The van der Waals surface area contributed by atoms with Crippen LogP contribution in [-0.4, -0.2) is 56.2 Å². The molecule has 2 fully saturated rings. The van der Waals surface area contributed by atoms with E-state index in [0.717, 1.165) is 44.8 Å². The molecule has 1 aromatic rings. The molecule has 1 heterocycles. The molecular formula is C17H25N3O2. The lowest BCUT2D eigenvalue weighted by molar-refractivity contribution is -0.126. The minimum Gasteiger partial charge on any atom is -0.497 e. The average molecular weight is 303 g/mol. The van der Waals surface area contributed by atoms with Gasteiger partial charge in [-0.3, -0.25) is 9.69 Å². The van der Waals surface area contributed by atoms with Crippen molar-refractivity contribution < 1.29 is 9.53 Å². The van der Waals surface area contributed by atoms with Crippen molar-refractivity contribution in [1.29, 1.82) is 0 Å². The fourth-order valence-corrected chi connectivity index (χ4v) is 2.88. The molecule has 0 aromatic heterocycles. The lowest BCUT2D eigenvalue weighted by Crippen LogP contribution is -2.54. The van der Waals surface area contributed by atoms with Crippen LogP contribution in [0, 0.1) is 0 Å². The van der Waals surface area contributed by atoms with Crippen molar-refractivity contribution in [1.82, 2.24) is 10.2 Å². The number of methoxy groups -OCH3 is 1. The summed E-state index contributed by atoms with van der Waals surface area (Å²) >= 11 is 0. The smallest absolute Gasteiger partial charge is 0.237 e. The van der Waals surface area contributed by atoms with Crippen molar-refractivity contribution >= 4 is 11.6 Å². The number of anilines is 1. The number of rotatable bonds is 5. The highest BCUT2D eigenvalue weighted by atomic mass is 16.5. The first-order valence-corrected chi connectivity index (χ1v) is 8.11. The summed E-state index contributed by atoms with van der Waals surface area (Å²) in [6.07, 6.45) is 2.29. The third-order valence-electron chi connectivity index (χ3n) is 4.60. The molecule has 5 nitrogen and oxygen atoms in total. The zero-order valence-corrected chi connectivity index (χ0v) is 13.4. The van der Waals surface area contributed by atoms with Crippen LogP contribution in [0.25, 0.3) is 0 Å². The summed E-state index contributed by atoms with van der Waals surface area (Å²) in [5, 5.41) is 3.10. The Hall–Kier alpha value is -1.75. The van der Waals surface area contributed by atoms with Gasteiger partial charge >= 0.3 is 0 Å². The Morgan fingerprint density at radius 2 is 1.82 bits per heavy atom. The summed E-state index contributed by atoms with van der Waals surface area (Å²) in [7, 11) is 1.68. The quantitative estimate of drug-likeness (QED) is 0.895. The third kappa shape index (κ3) is 3.53. The second kappa shape index (κ2) is 6.57. The lowest BCUT2D eigenvalue weighted by atomic mass is 10.2. The van der Waals surface area contributed by atoms with E-state index in [1.165, 1.54) is 5.69 Å². The predicted octanol–water partition coefficient (Wildman–Crippen LogP) is 1.48. The Morgan fingerprint density at radius 3 is 2.36 bits per heavy atom. The number of hydrogen-bond donors (Lipinski definition) is 1. The number of carbonyl (C=O) groups excluding carboxylic acids is 1. The maximum Gasteiger partial charge on any atom is 0.237 e. The molecule has 5 heteroatoms. The number of nitrogens with zero attached hydrogens (tertiary/aromatic N) is 2. The van der Waals surface area contributed by atoms with Crippen molar-refractivity contribution in [2.75, 3.05) is 38.2 Å². The molecule has 1 atom stereocenters. The van der Waals surface area contributed by atoms with Gasteiger partial charge in [0.05, 0.1) is 13.2 Å². The molecule has 1 saturated carbocycles. The first-order valence-electron chi connectivity index (χ1n) is 8.11. The van der Waals surface area contributed by atoms with Crippen molar-refractivity contribution in [3.8, 4) is 5.75 Å². The van der Waals surface area contributed by atoms with Gasteiger partial charge < -0.3 is 15.0 Å². The molecule has 0 bridgehead atoms. The van der Waals surface area contributed by atoms with E-state index in [1.807, 2.05) is 19.1 Å². The molecule has 1 aliphatic heterocycles. The van der Waals surface area contributed by atoms with Crippen molar-refractivity contribution in [2.24, 2.45) is 0 Å². The van der Waals surface area contributed by atoms with Gasteiger partial charge in [-0.1, -0.05) is 0 Å². The predicted molar refractivity (Wildman–Crippen MR) is 87.4 cm³/mol. The molecule has 0 radical (unpaired) electrons. The van der Waals surface area contributed by atoms with E-state index in [0.29, 0.717) is 6.04 Å². The van der Waals surface area contributed by atoms with Gasteiger partial charge in [-0.25, -0.2) is 0 Å². The minimum atomic E-state index is -0.0291. The monoisotopic (exact) mass is 303 g/mol. The summed E-state index contributed by atoms with van der Waals surface area (Å²) in [6, 6.07) is 8.59. The highest BCUT2D eigenvalue weighted by Crippen LogP contribution is 2.22. The van der Waals surface area contributed by atoms with Gasteiger partial charge in [0.15, 0.2) is 0 Å². The van der Waals surface area contributed by atoms with Crippen LogP contribution < -0.4 is 15.0 Å². The summed E-state index contributed by atoms with van der Waals surface area (Å²) in [5.74, 6) is 1.06. The molecule has 0 spiro atoms. The van der Waals surface area contributed by atoms with Gasteiger partial charge in [0.1, 0.15) is 5.75 Å². The van der Waals surface area contributed by atoms with Gasteiger partial charge in [0, 0.05) is 37.9 Å². The van der Waals surface area contributed by atoms with Gasteiger partial charge in [0.2, 0.25) is 5.91 Å². The van der Waals surface area contributed by atoms with Crippen LogP contribution in [-0.2, 0) is 4.79 Å². The van der Waals surface area contributed by atoms with E-state index in [4.69, 9.17) is 4.74 Å². The molecule has 120 valence electrons. The Labute approximate surface area is 132 Å². The van der Waals surface area contributed by atoms with E-state index in [9.17, 15) is 4.79 Å². The number of piperazine rings is 1. The second-order valence-electron chi connectivity index (χ2n) is 6.18. The summed E-state index contributed by atoms with van der Waals surface area (Å²) in [5.41, 5.74) is 1.22. The Kier molecular flexibility index (Phi) is 4.52. The Morgan fingerprint density at radius 1 is 1.18 bits per heavy atom. The van der Waals surface area contributed by atoms with Crippen molar-refractivity contribution in [3.05, 3.63) is 24.3 Å². The molecule has 1 aromatic carbocycles. The maximum atomic E-state index is 12.1. The van der Waals surface area contributed by atoms with E-state index in [2.05, 4.69) is 27.2 Å². The second-order valence-corrected chi connectivity index (χ2v) is 6.18. The standard InChI is InChI=1S/C17H25N3O2/c1-13(17(21)18-14-3-4-14)19-9-11-20(12-10-19)15-5-7-16(22-2)8-6-15/h5-8,13-14H,3-4,9-12H2,1-2H3,(H,18,21)/t13-/m1/s1. The lowest BCUT2D eigenvalue weighted by Gasteiger charge is -2.38. The van der Waals surface area contributed by atoms with Gasteiger partial charge in [-0.05, 0) is 44.0 Å². The fourth-order valence-electron chi connectivity index (χ4n) is 2.88. The summed E-state index contributed by atoms with van der Waals surface area (Å²) < 4.78 is 5.20. The first-order chi connectivity index (χ1) is 10.7. The topological polar surface area (TPSA) is 44.8 Å². The number of ether oxygens (including phenoxy) is 1. The summed E-state index contributed by atoms with van der Waals surface area (Å²) in [4.78, 5) is 16.8. The molecule has 3 rings (SSSR count). The van der Waals surface area contributed by atoms with E-state index >= 15 is 0 Å². The normalized spacial score (nSPS) is 20.5. The molecule has 2 aliphatic rings. The molecule has 0 unspecified atom stereocenters. The number of benzene rings is 1. The average Bonchev–Trinajstić information content (AvgIpc) is 3.38. The Bertz CT molecular complexity index is 505. The highest BCUT2D eigenvalue weighted by Gasteiger charge is 2.29. The van der Waals surface area contributed by atoms with Crippen molar-refractivity contribution in [2.45, 2.75) is 31.8 Å². The number of hydrogen-bond acceptors (Lipinski definition) is 4. The summed E-state index contributed by atoms with van der Waals surface area (Å²) in [6.45, 7) is 5.76. The van der Waals surface area contributed by atoms with E-state index < -0.39 is 0 Å². The molecule has 22 heavy (non-hydrogen) atoms. The zero-order valence-electron chi connectivity index (χ0n) is 13.4. The van der Waals surface area contributed by atoms with Crippen LogP contribution in [0.2, 0.25) is 0 Å². The molecule has 1 saturated heterocycles. The van der Waals surface area contributed by atoms with Crippen LogP contribution in [0.15, 0.2) is 24.3 Å². The maximum absolute atomic E-state index is 12.1. The van der Waals surface area contributed by atoms with Gasteiger partial charge in [-0.15, -0.1) is 0 Å². The van der Waals surface area contributed by atoms with Crippen LogP contribution in [0.5, 0.6) is 5.75 Å². The van der Waals surface area contributed by atoms with Crippen LogP contribution in [0.3, 0.4) is 0 Å². The van der Waals surface area contributed by atoms with Crippen LogP contribution >= 0.6 is 0 Å². The molecule has 1 N–H and O–H groups in total. The SMILES string of the molecule is COc1ccc(N2CCN([C@H](C)C(=O)NC3CC3)CC2)cc1. The number of amides is 1. The molecule has 1 amide bonds. The van der Waals surface area contributed by atoms with Gasteiger partial charge in [-0.2, -0.15) is 0 Å². The highest BCUT2D eigenvalue weighted by molar-refractivity contribution is 5.81. The number of nitrogens with one attached hydrogen (secondary N) is 1. The number of carbonyl (C=O) groups is 1. The fraction of sp³-hybridized carbons (Fsp3) is 0.588. The van der Waals surface area contributed by atoms with Crippen LogP contribution in [0.1, 0.15) is 19.8 Å². The third-order valence-corrected chi connectivity index (χ3v) is 4.60. The zero-order chi connectivity index (χ0) is 15.5. The van der Waals surface area contributed by atoms with Crippen LogP contribution in [0.4, 0.5) is 5.69 Å². The minimum absolute atomic E-state index is 0.0291. The van der Waals surface area contributed by atoms with Crippen molar-refractivity contribution in [3.63, 3.8) is 0 Å². The van der Waals surface area contributed by atoms with E-state index in [-0.39, 0.29) is 11.9 Å². The van der Waals surface area contributed by atoms with E-state index in [1.54, 1.807) is 7.11 Å². The largest absolute Gasteiger partial charge is 0.497 e. The Balaban J connectivity index is 1.51. The molecular weight excluding hydrogens is 278 g/mol. The molecule has 1 aliphatic carbocycles.